The van der Waals surface area contributed by atoms with Crippen LogP contribution in [0.3, 0.4) is 0 Å². The van der Waals surface area contributed by atoms with Gasteiger partial charge < -0.3 is 5.11 Å². The van der Waals surface area contributed by atoms with E-state index in [1.165, 1.54) is 43.3 Å². The van der Waals surface area contributed by atoms with Crippen LogP contribution in [0.15, 0.2) is 72.8 Å². The molecule has 0 atom stereocenters. The lowest BCUT2D eigenvalue weighted by Gasteiger charge is -2.17. The van der Waals surface area contributed by atoms with Gasteiger partial charge in [-0.1, -0.05) is 74.5 Å². The number of aromatic hydroxyl groups is 1. The Morgan fingerprint density at radius 1 is 0.615 bits per heavy atom. The molecule has 0 aromatic heterocycles. The zero-order valence-corrected chi connectivity index (χ0v) is 15.0. The lowest BCUT2D eigenvalue weighted by molar-refractivity contribution is 0.476. The summed E-state index contributed by atoms with van der Waals surface area (Å²) in [6.07, 6.45) is 0. The zero-order chi connectivity index (χ0) is 17.8. The highest BCUT2D eigenvalue weighted by Crippen LogP contribution is 2.39. The summed E-state index contributed by atoms with van der Waals surface area (Å²) in [7, 11) is 0. The van der Waals surface area contributed by atoms with Crippen molar-refractivity contribution in [2.24, 2.45) is 0 Å². The third-order valence-electron chi connectivity index (χ3n) is 5.47. The van der Waals surface area contributed by atoms with Gasteiger partial charge in [0.1, 0.15) is 5.75 Å². The Bertz CT molecular complexity index is 1310. The van der Waals surface area contributed by atoms with E-state index < -0.39 is 0 Å². The fraction of sp³-hybridized carbons (Fsp3) is 0.120. The van der Waals surface area contributed by atoms with Crippen molar-refractivity contribution >= 4 is 43.1 Å². The van der Waals surface area contributed by atoms with Crippen LogP contribution in [0, 0.1) is 0 Å². The van der Waals surface area contributed by atoms with Crippen molar-refractivity contribution in [2.45, 2.75) is 19.8 Å². The molecule has 0 saturated heterocycles. The predicted octanol–water partition coefficient (Wildman–Crippen LogP) is 7.13. The predicted molar refractivity (Wildman–Crippen MR) is 112 cm³/mol. The summed E-state index contributed by atoms with van der Waals surface area (Å²) in [5, 5.41) is 20.0. The molecule has 5 aromatic carbocycles. The van der Waals surface area contributed by atoms with E-state index in [2.05, 4.69) is 68.4 Å². The Morgan fingerprint density at radius 3 is 2.15 bits per heavy atom. The molecule has 1 heteroatoms. The lowest BCUT2D eigenvalue weighted by Crippen LogP contribution is -1.93. The Labute approximate surface area is 152 Å². The third kappa shape index (κ3) is 2.10. The fourth-order valence-electron chi connectivity index (χ4n) is 4.22. The van der Waals surface area contributed by atoms with Gasteiger partial charge in [0.15, 0.2) is 0 Å². The van der Waals surface area contributed by atoms with Crippen molar-refractivity contribution in [3.63, 3.8) is 0 Å². The molecule has 5 aromatic rings. The van der Waals surface area contributed by atoms with Crippen LogP contribution in [0.4, 0.5) is 0 Å². The lowest BCUT2D eigenvalue weighted by atomic mass is 9.87. The molecule has 26 heavy (non-hydrogen) atoms. The molecule has 0 saturated carbocycles. The monoisotopic (exact) mass is 336 g/mol. The molecule has 0 bridgehead atoms. The van der Waals surface area contributed by atoms with Gasteiger partial charge in [0, 0.05) is 0 Å². The summed E-state index contributed by atoms with van der Waals surface area (Å²) < 4.78 is 0. The van der Waals surface area contributed by atoms with Crippen molar-refractivity contribution in [1.29, 1.82) is 0 Å². The smallest absolute Gasteiger partial charge is 0.116 e. The van der Waals surface area contributed by atoms with Crippen LogP contribution in [0.2, 0.25) is 0 Å². The molecule has 0 aliphatic rings. The van der Waals surface area contributed by atoms with Gasteiger partial charge in [0.05, 0.1) is 0 Å². The van der Waals surface area contributed by atoms with Crippen LogP contribution < -0.4 is 0 Å². The molecule has 0 aliphatic carbocycles. The van der Waals surface area contributed by atoms with Gasteiger partial charge in [0.25, 0.3) is 0 Å². The normalized spacial score (nSPS) is 12.0. The largest absolute Gasteiger partial charge is 0.508 e. The molecule has 5 rings (SSSR count). The van der Waals surface area contributed by atoms with Crippen molar-refractivity contribution in [3.8, 4) is 5.75 Å². The molecule has 0 unspecified atom stereocenters. The van der Waals surface area contributed by atoms with Gasteiger partial charge in [-0.15, -0.1) is 0 Å². The summed E-state index contributed by atoms with van der Waals surface area (Å²) in [6, 6.07) is 25.4. The van der Waals surface area contributed by atoms with Crippen LogP contribution >= 0.6 is 0 Å². The maximum absolute atomic E-state index is 10.0. The molecule has 0 heterocycles. The number of hydrogen-bond donors (Lipinski definition) is 1. The second-order valence-electron chi connectivity index (χ2n) is 7.40. The first-order valence-electron chi connectivity index (χ1n) is 9.13. The van der Waals surface area contributed by atoms with Gasteiger partial charge in [-0.3, -0.25) is 0 Å². The zero-order valence-electron chi connectivity index (χ0n) is 15.0. The minimum atomic E-state index is 0.315. The first-order valence-corrected chi connectivity index (χ1v) is 9.13. The van der Waals surface area contributed by atoms with Gasteiger partial charge in [0.2, 0.25) is 0 Å². The maximum Gasteiger partial charge on any atom is 0.116 e. The Morgan fingerprint density at radius 2 is 1.31 bits per heavy atom. The summed E-state index contributed by atoms with van der Waals surface area (Å²) in [4.78, 5) is 0. The van der Waals surface area contributed by atoms with Crippen molar-refractivity contribution < 1.29 is 5.11 Å². The Hall–Kier alpha value is -3.06. The van der Waals surface area contributed by atoms with Crippen LogP contribution in [0.5, 0.6) is 5.75 Å². The second kappa shape index (κ2) is 5.47. The van der Waals surface area contributed by atoms with E-state index in [1.807, 2.05) is 12.1 Å². The Kier molecular flexibility index (Phi) is 3.20. The van der Waals surface area contributed by atoms with E-state index in [-0.39, 0.29) is 0 Å². The summed E-state index contributed by atoms with van der Waals surface area (Å²) >= 11 is 0. The molecular formula is C25H20O. The number of phenolic OH excluding ortho intramolecular Hbond substituents is 1. The summed E-state index contributed by atoms with van der Waals surface area (Å²) in [6.45, 7) is 4.50. The topological polar surface area (TPSA) is 20.2 Å². The highest BCUT2D eigenvalue weighted by molar-refractivity contribution is 6.23. The molecule has 0 spiro atoms. The third-order valence-corrected chi connectivity index (χ3v) is 5.47. The second-order valence-corrected chi connectivity index (χ2v) is 7.40. The van der Waals surface area contributed by atoms with E-state index in [4.69, 9.17) is 0 Å². The molecule has 0 fully saturated rings. The van der Waals surface area contributed by atoms with Crippen LogP contribution in [0.1, 0.15) is 25.3 Å². The number of benzene rings is 5. The quantitative estimate of drug-likeness (QED) is 0.323. The number of rotatable bonds is 1. The number of phenols is 1. The molecule has 0 amide bonds. The van der Waals surface area contributed by atoms with E-state index in [9.17, 15) is 5.11 Å². The average Bonchev–Trinajstić information content (AvgIpc) is 2.66. The van der Waals surface area contributed by atoms with Gasteiger partial charge in [-0.05, 0) is 66.7 Å². The molecule has 1 nitrogen and oxygen atoms in total. The fourth-order valence-corrected chi connectivity index (χ4v) is 4.22. The molecule has 0 radical (unpaired) electrons. The maximum atomic E-state index is 10.0. The van der Waals surface area contributed by atoms with Crippen molar-refractivity contribution in [3.05, 3.63) is 78.4 Å². The van der Waals surface area contributed by atoms with Gasteiger partial charge >= 0.3 is 0 Å². The standard InChI is InChI=1S/C25H20O/c1-15(2)23-13-17-7-9-18(26)14-24(17)22-12-11-20-19-6-4-3-5-16(19)8-10-21(20)25(22)23/h3-15,26H,1-2H3. The average molecular weight is 336 g/mol. The first-order chi connectivity index (χ1) is 12.6. The molecule has 1 N–H and O–H groups in total. The highest BCUT2D eigenvalue weighted by Gasteiger charge is 2.14. The molecule has 0 aliphatic heterocycles. The van der Waals surface area contributed by atoms with E-state index >= 15 is 0 Å². The van der Waals surface area contributed by atoms with E-state index in [0.717, 1.165) is 5.39 Å². The van der Waals surface area contributed by atoms with Crippen molar-refractivity contribution in [1.82, 2.24) is 0 Å². The Balaban J connectivity index is 2.07. The SMILES string of the molecule is CC(C)c1cc2ccc(O)cc2c2ccc3c4ccccc4ccc3c12. The van der Waals surface area contributed by atoms with E-state index in [0.29, 0.717) is 11.7 Å². The van der Waals surface area contributed by atoms with Gasteiger partial charge in [-0.25, -0.2) is 0 Å². The highest BCUT2D eigenvalue weighted by atomic mass is 16.3. The molecular weight excluding hydrogens is 316 g/mol. The minimum Gasteiger partial charge on any atom is -0.508 e. The van der Waals surface area contributed by atoms with Crippen molar-refractivity contribution in [2.75, 3.05) is 0 Å². The first kappa shape index (κ1) is 15.2. The van der Waals surface area contributed by atoms with Crippen LogP contribution in [0.25, 0.3) is 43.1 Å². The van der Waals surface area contributed by atoms with Crippen LogP contribution in [-0.4, -0.2) is 5.11 Å². The van der Waals surface area contributed by atoms with Gasteiger partial charge in [-0.2, -0.15) is 0 Å². The number of hydrogen-bond acceptors (Lipinski definition) is 1. The summed E-state index contributed by atoms with van der Waals surface area (Å²) in [5.41, 5.74) is 1.36. The minimum absolute atomic E-state index is 0.315. The van der Waals surface area contributed by atoms with Crippen LogP contribution in [-0.2, 0) is 0 Å². The molecule has 126 valence electrons. The van der Waals surface area contributed by atoms with E-state index in [1.54, 1.807) is 6.07 Å². The summed E-state index contributed by atoms with van der Waals surface area (Å²) in [5.74, 6) is 0.738. The number of fused-ring (bicyclic) bond motifs is 7.